The van der Waals surface area contributed by atoms with Crippen LogP contribution in [0.4, 0.5) is 0 Å². The summed E-state index contributed by atoms with van der Waals surface area (Å²) in [4.78, 5) is 18.9. The van der Waals surface area contributed by atoms with Gasteiger partial charge < -0.3 is 10.2 Å². The first-order valence-corrected chi connectivity index (χ1v) is 7.38. The number of carbonyl (C=O) groups excluding carboxylic acids is 1. The topological polar surface area (TPSA) is 73.9 Å². The zero-order valence-corrected chi connectivity index (χ0v) is 12.9. The number of rotatable bonds is 4. The third-order valence-electron chi connectivity index (χ3n) is 3.59. The molecule has 1 fully saturated rings. The molecule has 1 amide bonds. The first-order chi connectivity index (χ1) is 9.43. The van der Waals surface area contributed by atoms with Gasteiger partial charge in [0.25, 0.3) is 5.91 Å². The Bertz CT molecular complexity index is 456. The first-order valence-electron chi connectivity index (χ1n) is 7.38. The van der Waals surface area contributed by atoms with Gasteiger partial charge in [-0.3, -0.25) is 9.89 Å². The summed E-state index contributed by atoms with van der Waals surface area (Å²) >= 11 is 0. The molecule has 1 aliphatic rings. The molecule has 2 heterocycles. The molecule has 0 aromatic carbocycles. The number of carbonyl (C=O) groups is 1. The molecule has 1 unspecified atom stereocenters. The second-order valence-electron chi connectivity index (χ2n) is 6.40. The molecule has 112 valence electrons. The predicted octanol–water partition coefficient (Wildman–Crippen LogP) is 1.32. The Hall–Kier alpha value is -1.43. The van der Waals surface area contributed by atoms with E-state index in [0.29, 0.717) is 0 Å². The van der Waals surface area contributed by atoms with Gasteiger partial charge in [0.15, 0.2) is 0 Å². The molecule has 0 saturated carbocycles. The van der Waals surface area contributed by atoms with Gasteiger partial charge in [0.2, 0.25) is 5.82 Å². The third-order valence-corrected chi connectivity index (χ3v) is 3.59. The van der Waals surface area contributed by atoms with Crippen LogP contribution in [0.25, 0.3) is 0 Å². The molecule has 1 aromatic rings. The quantitative estimate of drug-likeness (QED) is 0.871. The van der Waals surface area contributed by atoms with Gasteiger partial charge in [-0.2, -0.15) is 0 Å². The lowest BCUT2D eigenvalue weighted by molar-refractivity contribution is 0.0680. The summed E-state index contributed by atoms with van der Waals surface area (Å²) in [6, 6.07) is 0.263. The Morgan fingerprint density at radius 3 is 2.70 bits per heavy atom. The fraction of sp³-hybridized carbons (Fsp3) is 0.786. The number of nitrogens with zero attached hydrogens (tertiary/aromatic N) is 3. The van der Waals surface area contributed by atoms with Crippen molar-refractivity contribution < 1.29 is 4.79 Å². The normalized spacial score (nSPS) is 19.3. The van der Waals surface area contributed by atoms with Gasteiger partial charge in [-0.05, 0) is 19.4 Å². The maximum atomic E-state index is 12.6. The lowest BCUT2D eigenvalue weighted by atomic mass is 9.96. The van der Waals surface area contributed by atoms with Gasteiger partial charge in [0.1, 0.15) is 5.82 Å². The lowest BCUT2D eigenvalue weighted by Gasteiger charge is -2.27. The lowest BCUT2D eigenvalue weighted by Crippen LogP contribution is -2.42. The molecule has 0 spiro atoms. The average molecular weight is 279 g/mol. The fourth-order valence-corrected chi connectivity index (χ4v) is 2.42. The number of nitrogens with one attached hydrogen (secondary N) is 2. The fourth-order valence-electron chi connectivity index (χ4n) is 2.42. The maximum Gasteiger partial charge on any atom is 0.293 e. The zero-order chi connectivity index (χ0) is 14.8. The van der Waals surface area contributed by atoms with E-state index in [1.54, 1.807) is 0 Å². The maximum absolute atomic E-state index is 12.6. The molecular formula is C14H25N5O. The molecule has 1 saturated heterocycles. The smallest absolute Gasteiger partial charge is 0.293 e. The van der Waals surface area contributed by atoms with Gasteiger partial charge in [0, 0.05) is 24.5 Å². The van der Waals surface area contributed by atoms with Crippen molar-refractivity contribution in [1.29, 1.82) is 0 Å². The highest BCUT2D eigenvalue weighted by Gasteiger charge is 2.30. The van der Waals surface area contributed by atoms with E-state index < -0.39 is 0 Å². The summed E-state index contributed by atoms with van der Waals surface area (Å²) < 4.78 is 0. The van der Waals surface area contributed by atoms with Gasteiger partial charge in [-0.15, -0.1) is 5.10 Å². The van der Waals surface area contributed by atoms with E-state index in [9.17, 15) is 4.79 Å². The summed E-state index contributed by atoms with van der Waals surface area (Å²) in [7, 11) is 0. The summed E-state index contributed by atoms with van der Waals surface area (Å²) in [5.74, 6) is 0.976. The number of amides is 1. The molecular weight excluding hydrogens is 254 g/mol. The van der Waals surface area contributed by atoms with E-state index in [4.69, 9.17) is 0 Å². The molecule has 0 bridgehead atoms. The van der Waals surface area contributed by atoms with Crippen molar-refractivity contribution >= 4 is 5.91 Å². The van der Waals surface area contributed by atoms with Crippen molar-refractivity contribution in [3.63, 3.8) is 0 Å². The van der Waals surface area contributed by atoms with Crippen molar-refractivity contribution in [3.05, 3.63) is 11.6 Å². The molecule has 1 atom stereocenters. The van der Waals surface area contributed by atoms with Gasteiger partial charge in [-0.25, -0.2) is 4.98 Å². The number of hydrogen-bond acceptors (Lipinski definition) is 4. The minimum Gasteiger partial charge on any atom is -0.332 e. The van der Waals surface area contributed by atoms with Crippen LogP contribution in [0, 0.1) is 0 Å². The van der Waals surface area contributed by atoms with E-state index in [1.165, 1.54) is 0 Å². The average Bonchev–Trinajstić information content (AvgIpc) is 3.04. The van der Waals surface area contributed by atoms with Crippen LogP contribution in [0.1, 0.15) is 57.0 Å². The number of aromatic amines is 1. The van der Waals surface area contributed by atoms with E-state index in [2.05, 4.69) is 27.4 Å². The minimum atomic E-state index is -0.129. The molecule has 1 aromatic heterocycles. The minimum absolute atomic E-state index is 0.0627. The van der Waals surface area contributed by atoms with Crippen molar-refractivity contribution in [2.75, 3.05) is 19.6 Å². The van der Waals surface area contributed by atoms with Gasteiger partial charge in [-0.1, -0.05) is 27.7 Å². The molecule has 2 N–H and O–H groups in total. The van der Waals surface area contributed by atoms with Crippen LogP contribution >= 0.6 is 0 Å². The van der Waals surface area contributed by atoms with Crippen molar-refractivity contribution in [2.24, 2.45) is 0 Å². The van der Waals surface area contributed by atoms with E-state index in [-0.39, 0.29) is 23.2 Å². The molecule has 1 aliphatic heterocycles. The number of aromatic nitrogens is 3. The summed E-state index contributed by atoms with van der Waals surface area (Å²) in [5, 5.41) is 10.3. The Balaban J connectivity index is 2.16. The summed E-state index contributed by atoms with van der Waals surface area (Å²) in [6.45, 7) is 10.8. The number of hydrogen-bond donors (Lipinski definition) is 2. The largest absolute Gasteiger partial charge is 0.332 e. The van der Waals surface area contributed by atoms with Gasteiger partial charge in [0.05, 0.1) is 0 Å². The standard InChI is InChI=1S/C14H25N5O/c1-5-8-19(10-6-7-15-9-10)12(20)11-16-13(18-17-11)14(2,3)4/h10,15H,5-9H2,1-4H3,(H,16,17,18). The summed E-state index contributed by atoms with van der Waals surface area (Å²) in [6.07, 6.45) is 1.95. The molecule has 6 nitrogen and oxygen atoms in total. The molecule has 2 rings (SSSR count). The second-order valence-corrected chi connectivity index (χ2v) is 6.40. The Morgan fingerprint density at radius 1 is 1.45 bits per heavy atom. The summed E-state index contributed by atoms with van der Waals surface area (Å²) in [5.41, 5.74) is -0.129. The highest BCUT2D eigenvalue weighted by atomic mass is 16.2. The second kappa shape index (κ2) is 5.91. The first kappa shape index (κ1) is 15.0. The van der Waals surface area contributed by atoms with Crippen LogP contribution in [0.2, 0.25) is 0 Å². The highest BCUT2D eigenvalue weighted by molar-refractivity contribution is 5.90. The Morgan fingerprint density at radius 2 is 2.20 bits per heavy atom. The van der Waals surface area contributed by atoms with E-state index in [1.807, 2.05) is 25.7 Å². The molecule has 20 heavy (non-hydrogen) atoms. The van der Waals surface area contributed by atoms with Crippen molar-refractivity contribution in [2.45, 2.75) is 52.0 Å². The monoisotopic (exact) mass is 279 g/mol. The Labute approximate surface area is 120 Å². The van der Waals surface area contributed by atoms with E-state index in [0.717, 1.165) is 38.3 Å². The van der Waals surface area contributed by atoms with Crippen molar-refractivity contribution in [3.8, 4) is 0 Å². The third kappa shape index (κ3) is 3.17. The number of H-pyrrole nitrogens is 1. The van der Waals surface area contributed by atoms with Crippen LogP contribution < -0.4 is 5.32 Å². The zero-order valence-electron chi connectivity index (χ0n) is 12.9. The van der Waals surface area contributed by atoms with Crippen LogP contribution in [-0.2, 0) is 5.41 Å². The van der Waals surface area contributed by atoms with Crippen LogP contribution in [0.3, 0.4) is 0 Å². The Kier molecular flexibility index (Phi) is 4.42. The molecule has 6 heteroatoms. The molecule has 0 aliphatic carbocycles. The van der Waals surface area contributed by atoms with Crippen LogP contribution in [-0.4, -0.2) is 51.7 Å². The van der Waals surface area contributed by atoms with Gasteiger partial charge >= 0.3 is 0 Å². The SMILES string of the molecule is CCCN(C(=O)c1n[nH]c(C(C)(C)C)n1)C1CCNC1. The predicted molar refractivity (Wildman–Crippen MR) is 77.7 cm³/mol. The highest BCUT2D eigenvalue weighted by Crippen LogP contribution is 2.18. The van der Waals surface area contributed by atoms with Crippen molar-refractivity contribution in [1.82, 2.24) is 25.4 Å². The van der Waals surface area contributed by atoms with Crippen LogP contribution in [0.15, 0.2) is 0 Å². The van der Waals surface area contributed by atoms with Crippen LogP contribution in [0.5, 0.6) is 0 Å². The van der Waals surface area contributed by atoms with E-state index >= 15 is 0 Å². The molecule has 0 radical (unpaired) electrons.